The summed E-state index contributed by atoms with van der Waals surface area (Å²) in [6.45, 7) is 3.49. The van der Waals surface area contributed by atoms with Crippen LogP contribution in [0.5, 0.6) is 0 Å². The fourth-order valence-electron chi connectivity index (χ4n) is 1.51. The average molecular weight is 152 g/mol. The Morgan fingerprint density at radius 2 is 2.27 bits per heavy atom. The van der Waals surface area contributed by atoms with E-state index in [9.17, 15) is 0 Å². The number of ether oxygens (including phenoxy) is 2. The van der Waals surface area contributed by atoms with Gasteiger partial charge in [-0.3, -0.25) is 0 Å². The van der Waals surface area contributed by atoms with Crippen molar-refractivity contribution >= 4 is 0 Å². The number of hydrogen-bond acceptors (Lipinski definition) is 2. The summed E-state index contributed by atoms with van der Waals surface area (Å²) >= 11 is 0. The maximum absolute atomic E-state index is 5.48. The molecule has 2 heteroatoms. The summed E-state index contributed by atoms with van der Waals surface area (Å²) in [5.41, 5.74) is 1.27. The molecule has 2 aliphatic rings. The van der Waals surface area contributed by atoms with Crippen LogP contribution in [0.4, 0.5) is 0 Å². The molecule has 0 aromatic heterocycles. The van der Waals surface area contributed by atoms with Crippen molar-refractivity contribution in [1.82, 2.24) is 0 Å². The first-order chi connectivity index (χ1) is 5.38. The molecule has 2 rings (SSSR count). The normalized spacial score (nSPS) is 36.3. The third kappa shape index (κ3) is 1.24. The first-order valence-electron chi connectivity index (χ1n) is 3.98. The molecule has 0 radical (unpaired) electrons. The van der Waals surface area contributed by atoms with Gasteiger partial charge < -0.3 is 9.47 Å². The molecule has 2 atom stereocenters. The quantitative estimate of drug-likeness (QED) is 0.520. The molecular weight excluding hydrogens is 140 g/mol. The van der Waals surface area contributed by atoms with Crippen LogP contribution in [0.3, 0.4) is 0 Å². The zero-order valence-electron chi connectivity index (χ0n) is 6.62. The lowest BCUT2D eigenvalue weighted by Gasteiger charge is -2.18. The van der Waals surface area contributed by atoms with Crippen LogP contribution in [0.2, 0.25) is 0 Å². The van der Waals surface area contributed by atoms with E-state index in [1.807, 2.05) is 6.08 Å². The fraction of sp³-hybridized carbons (Fsp3) is 0.556. The van der Waals surface area contributed by atoms with Gasteiger partial charge in [-0.1, -0.05) is 18.2 Å². The van der Waals surface area contributed by atoms with Crippen LogP contribution < -0.4 is 0 Å². The summed E-state index contributed by atoms with van der Waals surface area (Å²) in [6.07, 6.45) is 6.62. The lowest BCUT2D eigenvalue weighted by atomic mass is 10.1. The topological polar surface area (TPSA) is 18.5 Å². The number of fused-ring (bicyclic) bond motifs is 1. The lowest BCUT2D eigenvalue weighted by molar-refractivity contribution is -0.0168. The Bertz CT molecular complexity index is 206. The van der Waals surface area contributed by atoms with Crippen molar-refractivity contribution in [2.45, 2.75) is 19.1 Å². The van der Waals surface area contributed by atoms with Crippen molar-refractivity contribution in [3.05, 3.63) is 23.8 Å². The van der Waals surface area contributed by atoms with E-state index in [1.165, 1.54) is 5.57 Å². The molecule has 0 bridgehead atoms. The zero-order valence-corrected chi connectivity index (χ0v) is 6.62. The van der Waals surface area contributed by atoms with E-state index in [4.69, 9.17) is 9.47 Å². The maximum atomic E-state index is 5.48. The van der Waals surface area contributed by atoms with Gasteiger partial charge in [-0.15, -0.1) is 0 Å². The molecule has 0 amide bonds. The van der Waals surface area contributed by atoms with Gasteiger partial charge in [0.05, 0.1) is 19.3 Å². The molecule has 2 heterocycles. The van der Waals surface area contributed by atoms with Crippen LogP contribution in [0.25, 0.3) is 0 Å². The van der Waals surface area contributed by atoms with Crippen LogP contribution in [0.15, 0.2) is 23.8 Å². The van der Waals surface area contributed by atoms with Gasteiger partial charge in [0.1, 0.15) is 6.10 Å². The van der Waals surface area contributed by atoms with Crippen LogP contribution >= 0.6 is 0 Å². The highest BCUT2D eigenvalue weighted by molar-refractivity contribution is 5.28. The molecule has 0 aromatic rings. The molecule has 60 valence electrons. The van der Waals surface area contributed by atoms with Crippen LogP contribution in [0.1, 0.15) is 6.92 Å². The molecule has 0 N–H and O–H groups in total. The largest absolute Gasteiger partial charge is 0.371 e. The first-order valence-corrected chi connectivity index (χ1v) is 3.98. The van der Waals surface area contributed by atoms with E-state index < -0.39 is 0 Å². The monoisotopic (exact) mass is 152 g/mol. The Labute approximate surface area is 66.5 Å². The Balaban J connectivity index is 2.21. The van der Waals surface area contributed by atoms with Gasteiger partial charge in [0.25, 0.3) is 0 Å². The number of hydrogen-bond donors (Lipinski definition) is 0. The predicted octanol–water partition coefficient (Wildman–Crippen LogP) is 1.29. The van der Waals surface area contributed by atoms with Crippen LogP contribution in [-0.4, -0.2) is 25.4 Å². The van der Waals surface area contributed by atoms with E-state index in [0.717, 1.165) is 6.61 Å². The zero-order chi connectivity index (χ0) is 7.68. The third-order valence-corrected chi connectivity index (χ3v) is 2.12. The summed E-state index contributed by atoms with van der Waals surface area (Å²) in [7, 11) is 0. The van der Waals surface area contributed by atoms with Crippen molar-refractivity contribution in [2.75, 3.05) is 13.2 Å². The third-order valence-electron chi connectivity index (χ3n) is 2.12. The van der Waals surface area contributed by atoms with Crippen LogP contribution in [0, 0.1) is 0 Å². The molecule has 0 fully saturated rings. The molecule has 0 aliphatic carbocycles. The van der Waals surface area contributed by atoms with Gasteiger partial charge in [0.2, 0.25) is 0 Å². The Morgan fingerprint density at radius 1 is 1.36 bits per heavy atom. The van der Waals surface area contributed by atoms with Crippen molar-refractivity contribution in [1.29, 1.82) is 0 Å². The fourth-order valence-corrected chi connectivity index (χ4v) is 1.51. The minimum Gasteiger partial charge on any atom is -0.371 e. The van der Waals surface area contributed by atoms with Gasteiger partial charge in [-0.2, -0.15) is 0 Å². The molecule has 0 aromatic carbocycles. The van der Waals surface area contributed by atoms with E-state index >= 15 is 0 Å². The van der Waals surface area contributed by atoms with E-state index in [1.54, 1.807) is 0 Å². The smallest absolute Gasteiger partial charge is 0.109 e. The Hall–Kier alpha value is -0.600. The average Bonchev–Trinajstić information content (AvgIpc) is 2.40. The maximum Gasteiger partial charge on any atom is 0.109 e. The second-order valence-electron chi connectivity index (χ2n) is 2.90. The molecule has 2 aliphatic heterocycles. The molecular formula is C9H12O2. The second-order valence-corrected chi connectivity index (χ2v) is 2.90. The summed E-state index contributed by atoms with van der Waals surface area (Å²) in [6, 6.07) is 0. The molecule has 0 saturated carbocycles. The molecule has 0 unspecified atom stereocenters. The predicted molar refractivity (Wildman–Crippen MR) is 42.4 cm³/mol. The molecule has 11 heavy (non-hydrogen) atoms. The van der Waals surface area contributed by atoms with Crippen molar-refractivity contribution in [3.8, 4) is 0 Å². The SMILES string of the molecule is C[C@@H]1OCC=CC2=CCO[C@H]21. The second kappa shape index (κ2) is 2.80. The highest BCUT2D eigenvalue weighted by atomic mass is 16.5. The van der Waals surface area contributed by atoms with Crippen LogP contribution in [-0.2, 0) is 9.47 Å². The standard InChI is InChI=1S/C9H12O2/c1-7-9-8(4-6-11-9)3-2-5-10-7/h2-4,7,9H,5-6H2,1H3/t7-,9-/m0/s1. The molecule has 2 nitrogen and oxygen atoms in total. The summed E-state index contributed by atoms with van der Waals surface area (Å²) in [5, 5.41) is 0. The minimum absolute atomic E-state index is 0.175. The summed E-state index contributed by atoms with van der Waals surface area (Å²) < 4.78 is 10.9. The highest BCUT2D eigenvalue weighted by Gasteiger charge is 2.26. The van der Waals surface area contributed by atoms with Crippen molar-refractivity contribution in [2.24, 2.45) is 0 Å². The van der Waals surface area contributed by atoms with Gasteiger partial charge in [-0.25, -0.2) is 0 Å². The summed E-state index contributed by atoms with van der Waals surface area (Å²) in [5.74, 6) is 0. The highest BCUT2D eigenvalue weighted by Crippen LogP contribution is 2.22. The van der Waals surface area contributed by atoms with E-state index in [0.29, 0.717) is 6.61 Å². The summed E-state index contributed by atoms with van der Waals surface area (Å²) in [4.78, 5) is 0. The van der Waals surface area contributed by atoms with Gasteiger partial charge in [0, 0.05) is 0 Å². The molecule has 0 saturated heterocycles. The van der Waals surface area contributed by atoms with Gasteiger partial charge >= 0.3 is 0 Å². The Kier molecular flexibility index (Phi) is 1.80. The van der Waals surface area contributed by atoms with E-state index in [2.05, 4.69) is 19.1 Å². The van der Waals surface area contributed by atoms with Crippen molar-refractivity contribution < 1.29 is 9.47 Å². The minimum atomic E-state index is 0.175. The Morgan fingerprint density at radius 3 is 3.18 bits per heavy atom. The number of rotatable bonds is 0. The van der Waals surface area contributed by atoms with E-state index in [-0.39, 0.29) is 12.2 Å². The van der Waals surface area contributed by atoms with Gasteiger partial charge in [-0.05, 0) is 12.5 Å². The molecule has 0 spiro atoms. The van der Waals surface area contributed by atoms with Gasteiger partial charge in [0.15, 0.2) is 0 Å². The first kappa shape index (κ1) is 7.07. The van der Waals surface area contributed by atoms with Crippen molar-refractivity contribution in [3.63, 3.8) is 0 Å². The lowest BCUT2D eigenvalue weighted by Crippen LogP contribution is -2.26.